The topological polar surface area (TPSA) is 37.3 Å². The predicted molar refractivity (Wildman–Crippen MR) is 44.3 cm³/mol. The van der Waals surface area contributed by atoms with Gasteiger partial charge in [0.15, 0.2) is 5.78 Å². The van der Waals surface area contributed by atoms with Crippen LogP contribution in [0.1, 0.15) is 26.7 Å². The lowest BCUT2D eigenvalue weighted by molar-refractivity contribution is -0.135. The molecule has 0 aliphatic carbocycles. The van der Waals surface area contributed by atoms with Gasteiger partial charge in [0.2, 0.25) is 0 Å². The quantitative estimate of drug-likeness (QED) is 0.712. The molecule has 60 valence electrons. The van der Waals surface area contributed by atoms with Crippen molar-refractivity contribution in [2.24, 2.45) is 0 Å². The summed E-state index contributed by atoms with van der Waals surface area (Å²) in [6.45, 7) is 3.62. The number of rotatable bonds is 4. The predicted octanol–water partition coefficient (Wildman–Crippen LogP) is 1.50. The molecule has 0 aliphatic heterocycles. The van der Waals surface area contributed by atoms with E-state index in [4.69, 9.17) is 0 Å². The third-order valence-corrected chi connectivity index (χ3v) is 2.32. The maximum absolute atomic E-state index is 11.0. The fraction of sp³-hybridized carbons (Fsp3) is 0.857. The zero-order valence-electron chi connectivity index (χ0n) is 6.35. The summed E-state index contributed by atoms with van der Waals surface area (Å²) in [5.41, 5.74) is -1.09. The molecule has 0 atom stereocenters. The molecule has 3 heteroatoms. The molecular weight excluding hydrogens is 196 g/mol. The van der Waals surface area contributed by atoms with Gasteiger partial charge in [-0.1, -0.05) is 29.8 Å². The molecule has 0 fully saturated rings. The largest absolute Gasteiger partial charge is 0.382 e. The third kappa shape index (κ3) is 2.06. The number of halogens is 1. The Hall–Kier alpha value is 0.110. The minimum absolute atomic E-state index is 0.127. The van der Waals surface area contributed by atoms with Gasteiger partial charge in [-0.25, -0.2) is 0 Å². The number of aliphatic hydroxyl groups is 1. The number of hydrogen-bond acceptors (Lipinski definition) is 2. The lowest BCUT2D eigenvalue weighted by Gasteiger charge is -2.21. The standard InChI is InChI=1S/C7H13BrO2/c1-3-7(10,4-2)6(9)5-8/h10H,3-5H2,1-2H3. The molecule has 0 amide bonds. The van der Waals surface area contributed by atoms with Gasteiger partial charge in [0.25, 0.3) is 0 Å². The van der Waals surface area contributed by atoms with Gasteiger partial charge in [0.1, 0.15) is 5.60 Å². The van der Waals surface area contributed by atoms with Crippen LogP contribution in [0.2, 0.25) is 0 Å². The highest BCUT2D eigenvalue weighted by Gasteiger charge is 2.29. The first-order valence-electron chi connectivity index (χ1n) is 3.42. The van der Waals surface area contributed by atoms with Crippen LogP contribution in [0.5, 0.6) is 0 Å². The van der Waals surface area contributed by atoms with Crippen LogP contribution in [-0.2, 0) is 4.79 Å². The highest BCUT2D eigenvalue weighted by molar-refractivity contribution is 9.09. The van der Waals surface area contributed by atoms with E-state index in [-0.39, 0.29) is 11.1 Å². The number of Topliss-reactive ketones (excluding diaryl/α,β-unsaturated/α-hetero) is 1. The molecule has 0 aromatic carbocycles. The fourth-order valence-electron chi connectivity index (χ4n) is 0.769. The van der Waals surface area contributed by atoms with E-state index in [0.717, 1.165) is 0 Å². The Labute approximate surface area is 69.8 Å². The van der Waals surface area contributed by atoms with Crippen molar-refractivity contribution in [1.82, 2.24) is 0 Å². The summed E-state index contributed by atoms with van der Waals surface area (Å²) in [6.07, 6.45) is 0.988. The van der Waals surface area contributed by atoms with Crippen LogP contribution in [0.25, 0.3) is 0 Å². The van der Waals surface area contributed by atoms with E-state index in [1.165, 1.54) is 0 Å². The number of ketones is 1. The van der Waals surface area contributed by atoms with Gasteiger partial charge < -0.3 is 5.11 Å². The van der Waals surface area contributed by atoms with Crippen molar-refractivity contribution in [1.29, 1.82) is 0 Å². The third-order valence-electron chi connectivity index (χ3n) is 1.81. The zero-order chi connectivity index (χ0) is 8.20. The Morgan fingerprint density at radius 2 is 1.90 bits per heavy atom. The first kappa shape index (κ1) is 10.1. The van der Waals surface area contributed by atoms with Gasteiger partial charge in [0.05, 0.1) is 5.33 Å². The van der Waals surface area contributed by atoms with E-state index in [2.05, 4.69) is 15.9 Å². The average Bonchev–Trinajstić information content (AvgIpc) is 2.01. The Morgan fingerprint density at radius 3 is 2.00 bits per heavy atom. The van der Waals surface area contributed by atoms with Gasteiger partial charge in [-0.15, -0.1) is 0 Å². The van der Waals surface area contributed by atoms with E-state index in [1.807, 2.05) is 13.8 Å². The van der Waals surface area contributed by atoms with Gasteiger partial charge in [-0.2, -0.15) is 0 Å². The molecule has 0 saturated heterocycles. The summed E-state index contributed by atoms with van der Waals surface area (Å²) >= 11 is 3.02. The van der Waals surface area contributed by atoms with Crippen molar-refractivity contribution in [3.8, 4) is 0 Å². The molecule has 0 rings (SSSR count). The fourth-order valence-corrected chi connectivity index (χ4v) is 1.29. The van der Waals surface area contributed by atoms with Crippen molar-refractivity contribution in [2.75, 3.05) is 5.33 Å². The summed E-state index contributed by atoms with van der Waals surface area (Å²) in [4.78, 5) is 11.0. The van der Waals surface area contributed by atoms with Crippen LogP contribution in [0.4, 0.5) is 0 Å². The zero-order valence-corrected chi connectivity index (χ0v) is 7.94. The highest BCUT2D eigenvalue weighted by Crippen LogP contribution is 2.16. The summed E-state index contributed by atoms with van der Waals surface area (Å²) in [5.74, 6) is -0.127. The lowest BCUT2D eigenvalue weighted by atomic mass is 9.93. The molecule has 10 heavy (non-hydrogen) atoms. The van der Waals surface area contributed by atoms with Crippen LogP contribution < -0.4 is 0 Å². The number of carbonyl (C=O) groups is 1. The molecule has 0 spiro atoms. The summed E-state index contributed by atoms with van der Waals surface area (Å²) in [5, 5.41) is 9.76. The lowest BCUT2D eigenvalue weighted by Crippen LogP contribution is -2.37. The number of carbonyl (C=O) groups excluding carboxylic acids is 1. The molecule has 0 aromatic rings. The van der Waals surface area contributed by atoms with Gasteiger partial charge >= 0.3 is 0 Å². The van der Waals surface area contributed by atoms with Crippen LogP contribution in [0.15, 0.2) is 0 Å². The molecule has 0 aliphatic rings. The van der Waals surface area contributed by atoms with Crippen LogP contribution in [0.3, 0.4) is 0 Å². The Morgan fingerprint density at radius 1 is 1.50 bits per heavy atom. The van der Waals surface area contributed by atoms with Crippen molar-refractivity contribution in [3.63, 3.8) is 0 Å². The maximum atomic E-state index is 11.0. The molecule has 0 aromatic heterocycles. The molecule has 1 N–H and O–H groups in total. The van der Waals surface area contributed by atoms with Crippen molar-refractivity contribution in [2.45, 2.75) is 32.3 Å². The van der Waals surface area contributed by atoms with Gasteiger partial charge in [-0.3, -0.25) is 4.79 Å². The molecule has 0 unspecified atom stereocenters. The second-order valence-electron chi connectivity index (χ2n) is 2.30. The van der Waals surface area contributed by atoms with Crippen LogP contribution in [0, 0.1) is 0 Å². The molecule has 0 radical (unpaired) electrons. The first-order valence-corrected chi connectivity index (χ1v) is 4.54. The van der Waals surface area contributed by atoms with Crippen LogP contribution in [-0.4, -0.2) is 21.8 Å². The molecule has 0 heterocycles. The minimum Gasteiger partial charge on any atom is -0.382 e. The van der Waals surface area contributed by atoms with E-state index >= 15 is 0 Å². The molecule has 2 nitrogen and oxygen atoms in total. The summed E-state index contributed by atoms with van der Waals surface area (Å²) in [7, 11) is 0. The van der Waals surface area contributed by atoms with Crippen molar-refractivity contribution < 1.29 is 9.90 Å². The maximum Gasteiger partial charge on any atom is 0.174 e. The highest BCUT2D eigenvalue weighted by atomic mass is 79.9. The summed E-state index contributed by atoms with van der Waals surface area (Å²) in [6, 6.07) is 0. The number of hydrogen-bond donors (Lipinski definition) is 1. The van der Waals surface area contributed by atoms with Crippen LogP contribution >= 0.6 is 15.9 Å². The Kier molecular flexibility index (Phi) is 4.13. The van der Waals surface area contributed by atoms with E-state index in [1.54, 1.807) is 0 Å². The second-order valence-corrected chi connectivity index (χ2v) is 2.86. The van der Waals surface area contributed by atoms with E-state index in [0.29, 0.717) is 12.8 Å². The normalized spacial score (nSPS) is 11.6. The van der Waals surface area contributed by atoms with Gasteiger partial charge in [0, 0.05) is 0 Å². The average molecular weight is 209 g/mol. The molecular formula is C7H13BrO2. The van der Waals surface area contributed by atoms with E-state index < -0.39 is 5.60 Å². The van der Waals surface area contributed by atoms with Crippen molar-refractivity contribution in [3.05, 3.63) is 0 Å². The van der Waals surface area contributed by atoms with Gasteiger partial charge in [-0.05, 0) is 12.8 Å². The van der Waals surface area contributed by atoms with Crippen molar-refractivity contribution >= 4 is 21.7 Å². The Balaban J connectivity index is 4.17. The second kappa shape index (κ2) is 4.09. The molecule has 0 bridgehead atoms. The number of alkyl halides is 1. The first-order chi connectivity index (χ1) is 4.60. The smallest absolute Gasteiger partial charge is 0.174 e. The minimum atomic E-state index is -1.09. The summed E-state index contributed by atoms with van der Waals surface area (Å²) < 4.78 is 0. The molecule has 0 saturated carbocycles. The SMILES string of the molecule is CCC(O)(CC)C(=O)CBr. The monoisotopic (exact) mass is 208 g/mol. The van der Waals surface area contributed by atoms with E-state index in [9.17, 15) is 9.90 Å². The Bertz CT molecular complexity index is 119.